The number of hydrogen-bond donors (Lipinski definition) is 0. The van der Waals surface area contributed by atoms with E-state index in [1.165, 1.54) is 104 Å². The summed E-state index contributed by atoms with van der Waals surface area (Å²) in [6, 6.07) is 66.1. The molecule has 62 heavy (non-hydrogen) atoms. The van der Waals surface area contributed by atoms with Gasteiger partial charge in [0.2, 0.25) is 0 Å². The van der Waals surface area contributed by atoms with Crippen LogP contribution >= 0.6 is 11.3 Å². The molecule has 0 bridgehead atoms. The zero-order valence-corrected chi connectivity index (χ0v) is 36.5. The Kier molecular flexibility index (Phi) is 8.30. The minimum atomic E-state index is -0.0732. The fourth-order valence-corrected chi connectivity index (χ4v) is 12.3. The van der Waals surface area contributed by atoms with Gasteiger partial charge in [-0.25, -0.2) is 0 Å². The van der Waals surface area contributed by atoms with Crippen LogP contribution in [0.15, 0.2) is 194 Å². The second-order valence-electron chi connectivity index (χ2n) is 18.4. The molecule has 8 aromatic carbocycles. The third-order valence-electron chi connectivity index (χ3n) is 14.2. The summed E-state index contributed by atoms with van der Waals surface area (Å²) < 4.78 is 2.65. The third kappa shape index (κ3) is 5.52. The molecule has 9 aromatic rings. The predicted octanol–water partition coefficient (Wildman–Crippen LogP) is 17.2. The highest BCUT2D eigenvalue weighted by Crippen LogP contribution is 2.55. The van der Waals surface area contributed by atoms with Gasteiger partial charge in [-0.05, 0) is 128 Å². The van der Waals surface area contributed by atoms with E-state index in [9.17, 15) is 0 Å². The van der Waals surface area contributed by atoms with Crippen LogP contribution in [0.4, 0.5) is 17.1 Å². The highest BCUT2D eigenvalue weighted by atomic mass is 32.1. The summed E-state index contributed by atoms with van der Waals surface area (Å²) in [5.41, 5.74) is 22.1. The molecule has 0 fully saturated rings. The molecule has 0 spiro atoms. The van der Waals surface area contributed by atoms with Crippen LogP contribution in [-0.4, -0.2) is 0 Å². The summed E-state index contributed by atoms with van der Waals surface area (Å²) in [4.78, 5) is 2.51. The number of thiophene rings is 1. The lowest BCUT2D eigenvalue weighted by molar-refractivity contribution is 0.651. The van der Waals surface area contributed by atoms with Gasteiger partial charge in [-0.3, -0.25) is 0 Å². The molecule has 298 valence electrons. The van der Waals surface area contributed by atoms with Gasteiger partial charge >= 0.3 is 0 Å². The Morgan fingerprint density at radius 2 is 1.10 bits per heavy atom. The molecule has 0 saturated carbocycles. The summed E-state index contributed by atoms with van der Waals surface area (Å²) >= 11 is 1.89. The van der Waals surface area contributed by atoms with Crippen molar-refractivity contribution in [2.24, 2.45) is 0 Å². The highest BCUT2D eigenvalue weighted by Gasteiger charge is 2.39. The number of fused-ring (bicyclic) bond motifs is 8. The van der Waals surface area contributed by atoms with Crippen LogP contribution in [0.2, 0.25) is 0 Å². The maximum Gasteiger partial charge on any atom is 0.0540 e. The Bertz CT molecular complexity index is 3370. The predicted molar refractivity (Wildman–Crippen MR) is 266 cm³/mol. The summed E-state index contributed by atoms with van der Waals surface area (Å²) in [7, 11) is 0. The molecule has 2 heteroatoms. The Morgan fingerprint density at radius 1 is 0.468 bits per heavy atom. The van der Waals surface area contributed by atoms with E-state index in [0.29, 0.717) is 0 Å². The first-order chi connectivity index (χ1) is 30.3. The first-order valence-electron chi connectivity index (χ1n) is 22.1. The molecule has 1 nitrogen and oxygen atoms in total. The lowest BCUT2D eigenvalue weighted by Gasteiger charge is -2.29. The van der Waals surface area contributed by atoms with Crippen molar-refractivity contribution in [2.75, 3.05) is 4.90 Å². The standard InChI is InChI=1S/C60H47NS/c1-59(2)52-29-10-6-24-50(52)57-48(26-16-30-53(57)59)46-22-7-11-31-55(46)61(42-20-14-18-40(36-42)43-25-15-27-49-47-23-8-12-32-56(47)62-58(43)49)41-19-13-17-38(35-41)39-33-34-45-44-21-5-9-28-51(44)60(3,4)54(45)37-39/h5,7-23,25-37H,6,24H2,1-4H3. The largest absolute Gasteiger partial charge is 0.310 e. The van der Waals surface area contributed by atoms with E-state index in [2.05, 4.69) is 221 Å². The fourth-order valence-electron chi connectivity index (χ4n) is 11.1. The van der Waals surface area contributed by atoms with Crippen LogP contribution in [0.3, 0.4) is 0 Å². The zero-order chi connectivity index (χ0) is 41.7. The minimum Gasteiger partial charge on any atom is -0.310 e. The average molecular weight is 814 g/mol. The molecule has 0 amide bonds. The molecule has 12 rings (SSSR count). The van der Waals surface area contributed by atoms with E-state index < -0.39 is 0 Å². The zero-order valence-electron chi connectivity index (χ0n) is 35.7. The van der Waals surface area contributed by atoms with Gasteiger partial charge in [0.25, 0.3) is 0 Å². The van der Waals surface area contributed by atoms with E-state index in [1.54, 1.807) is 0 Å². The van der Waals surface area contributed by atoms with Crippen molar-refractivity contribution in [3.05, 3.63) is 216 Å². The minimum absolute atomic E-state index is 0.0473. The number of nitrogens with zero attached hydrogens (tertiary/aromatic N) is 1. The first-order valence-corrected chi connectivity index (χ1v) is 22.9. The average Bonchev–Trinajstić information content (AvgIpc) is 3.89. The van der Waals surface area contributed by atoms with Crippen LogP contribution in [0.1, 0.15) is 62.8 Å². The molecule has 0 atom stereocenters. The van der Waals surface area contributed by atoms with Crippen molar-refractivity contribution in [1.82, 2.24) is 0 Å². The number of rotatable bonds is 6. The summed E-state index contributed by atoms with van der Waals surface area (Å²) in [5.74, 6) is 0. The number of para-hydroxylation sites is 1. The molecule has 0 radical (unpaired) electrons. The lowest BCUT2D eigenvalue weighted by atomic mass is 9.80. The van der Waals surface area contributed by atoms with Gasteiger partial charge in [-0.1, -0.05) is 173 Å². The van der Waals surface area contributed by atoms with Crippen LogP contribution < -0.4 is 4.90 Å². The van der Waals surface area contributed by atoms with Crippen molar-refractivity contribution in [1.29, 1.82) is 0 Å². The SMILES string of the molecule is CC1(C)C2=C(CCC=C2)c2c(-c3ccccc3N(c3cccc(-c4ccc5c(c4)C(C)(C)c4ccccc4-5)c3)c3cccc(-c4cccc5c4sc4ccccc45)c3)cccc21. The molecular weight excluding hydrogens is 767 g/mol. The Hall–Kier alpha value is -6.74. The monoisotopic (exact) mass is 813 g/mol. The van der Waals surface area contributed by atoms with Crippen LogP contribution in [0, 0.1) is 0 Å². The van der Waals surface area contributed by atoms with Gasteiger partial charge in [0.1, 0.15) is 0 Å². The smallest absolute Gasteiger partial charge is 0.0540 e. The quantitative estimate of drug-likeness (QED) is 0.162. The van der Waals surface area contributed by atoms with E-state index in [1.807, 2.05) is 11.3 Å². The van der Waals surface area contributed by atoms with Gasteiger partial charge < -0.3 is 4.90 Å². The van der Waals surface area contributed by atoms with Crippen molar-refractivity contribution in [3.63, 3.8) is 0 Å². The molecule has 3 aliphatic carbocycles. The van der Waals surface area contributed by atoms with Gasteiger partial charge in [0.15, 0.2) is 0 Å². The van der Waals surface area contributed by atoms with Crippen LogP contribution in [0.25, 0.3) is 70.3 Å². The van der Waals surface area contributed by atoms with Crippen molar-refractivity contribution < 1.29 is 0 Å². The van der Waals surface area contributed by atoms with Crippen molar-refractivity contribution in [2.45, 2.75) is 51.4 Å². The van der Waals surface area contributed by atoms with E-state index in [0.717, 1.165) is 24.2 Å². The molecule has 0 aliphatic heterocycles. The van der Waals surface area contributed by atoms with Crippen LogP contribution in [-0.2, 0) is 10.8 Å². The molecule has 3 aliphatic rings. The van der Waals surface area contributed by atoms with Crippen molar-refractivity contribution in [3.8, 4) is 44.5 Å². The second kappa shape index (κ2) is 13.9. The number of anilines is 3. The van der Waals surface area contributed by atoms with Crippen LogP contribution in [0.5, 0.6) is 0 Å². The first kappa shape index (κ1) is 37.1. The van der Waals surface area contributed by atoms with E-state index in [4.69, 9.17) is 0 Å². The number of allylic oxidation sites excluding steroid dienone is 4. The third-order valence-corrected chi connectivity index (χ3v) is 15.4. The van der Waals surface area contributed by atoms with Gasteiger partial charge in [0.05, 0.1) is 5.69 Å². The Balaban J connectivity index is 1.06. The van der Waals surface area contributed by atoms with E-state index in [-0.39, 0.29) is 10.8 Å². The van der Waals surface area contributed by atoms with Gasteiger partial charge in [-0.15, -0.1) is 11.3 Å². The maximum absolute atomic E-state index is 2.51. The molecule has 0 saturated heterocycles. The normalized spacial score (nSPS) is 15.4. The molecule has 1 aromatic heterocycles. The summed E-state index contributed by atoms with van der Waals surface area (Å²) in [6.45, 7) is 9.54. The molecule has 1 heterocycles. The molecule has 0 N–H and O–H groups in total. The summed E-state index contributed by atoms with van der Waals surface area (Å²) in [5, 5.41) is 2.64. The lowest BCUT2D eigenvalue weighted by Crippen LogP contribution is -2.16. The summed E-state index contributed by atoms with van der Waals surface area (Å²) in [6.07, 6.45) is 6.91. The molecular formula is C60H47NS. The van der Waals surface area contributed by atoms with Gasteiger partial charge in [0, 0.05) is 47.9 Å². The van der Waals surface area contributed by atoms with Crippen molar-refractivity contribution >= 4 is 54.1 Å². The number of benzene rings is 8. The highest BCUT2D eigenvalue weighted by molar-refractivity contribution is 7.26. The Morgan fingerprint density at radius 3 is 1.97 bits per heavy atom. The molecule has 0 unspecified atom stereocenters. The fraction of sp³-hybridized carbons (Fsp3) is 0.133. The topological polar surface area (TPSA) is 3.24 Å². The Labute approximate surface area is 369 Å². The van der Waals surface area contributed by atoms with E-state index >= 15 is 0 Å². The number of hydrogen-bond acceptors (Lipinski definition) is 2. The maximum atomic E-state index is 2.51. The second-order valence-corrected chi connectivity index (χ2v) is 19.4. The van der Waals surface area contributed by atoms with Gasteiger partial charge in [-0.2, -0.15) is 0 Å².